The van der Waals surface area contributed by atoms with Crippen LogP contribution in [0.5, 0.6) is 0 Å². The van der Waals surface area contributed by atoms with Gasteiger partial charge in [-0.1, -0.05) is 23.7 Å². The summed E-state index contributed by atoms with van der Waals surface area (Å²) in [7, 11) is -2.88. The van der Waals surface area contributed by atoms with Crippen LogP contribution in [0.3, 0.4) is 0 Å². The number of amides is 1. The van der Waals surface area contributed by atoms with Crippen LogP contribution in [-0.4, -0.2) is 31.7 Å². The molecule has 0 aliphatic carbocycles. The van der Waals surface area contributed by atoms with Gasteiger partial charge < -0.3 is 5.32 Å². The minimum absolute atomic E-state index is 0.0398. The van der Waals surface area contributed by atoms with Crippen LogP contribution in [0.1, 0.15) is 23.6 Å². The average Bonchev–Trinajstić information content (AvgIpc) is 2.66. The van der Waals surface area contributed by atoms with Gasteiger partial charge in [-0.15, -0.1) is 0 Å². The summed E-state index contributed by atoms with van der Waals surface area (Å²) in [5.41, 5.74) is -0.423. The third kappa shape index (κ3) is 4.75. The van der Waals surface area contributed by atoms with E-state index in [0.717, 1.165) is 34.6 Å². The molecule has 0 spiro atoms. The van der Waals surface area contributed by atoms with Gasteiger partial charge in [0.1, 0.15) is 11.9 Å². The molecule has 1 saturated heterocycles. The Labute approximate surface area is 175 Å². The fraction of sp³-hybridized carbons (Fsp3) is 0.278. The Bertz CT molecular complexity index is 1060. The maximum Gasteiger partial charge on any atom is 0.416 e. The van der Waals surface area contributed by atoms with E-state index in [1.165, 1.54) is 19.2 Å². The minimum atomic E-state index is -4.52. The SMILES string of the molecule is CN1C(C(=O)Nc2ccc(F)c(Cl)c2)CC(c2ccc(C(F)(F)F)cc2)NS1(=O)=O. The molecule has 1 aliphatic rings. The van der Waals surface area contributed by atoms with Crippen molar-refractivity contribution in [3.63, 3.8) is 0 Å². The second-order valence-corrected chi connectivity index (χ2v) is 8.85. The van der Waals surface area contributed by atoms with Crippen LogP contribution < -0.4 is 10.0 Å². The maximum absolute atomic E-state index is 13.3. The Morgan fingerprint density at radius 3 is 2.40 bits per heavy atom. The fourth-order valence-corrected chi connectivity index (χ4v) is 4.49. The highest BCUT2D eigenvalue weighted by molar-refractivity contribution is 7.87. The molecule has 0 aromatic heterocycles. The molecule has 6 nitrogen and oxygen atoms in total. The normalized spacial score (nSPS) is 21.9. The van der Waals surface area contributed by atoms with Crippen LogP contribution in [0, 0.1) is 5.82 Å². The second-order valence-electron chi connectivity index (χ2n) is 6.68. The van der Waals surface area contributed by atoms with Crippen molar-refractivity contribution in [3.8, 4) is 0 Å². The Morgan fingerprint density at radius 2 is 1.83 bits per heavy atom. The number of likely N-dealkylation sites (N-methyl/N-ethyl adjacent to an activating group) is 1. The van der Waals surface area contributed by atoms with Gasteiger partial charge >= 0.3 is 6.18 Å². The number of rotatable bonds is 3. The van der Waals surface area contributed by atoms with Gasteiger partial charge in [-0.2, -0.15) is 30.6 Å². The maximum atomic E-state index is 13.3. The van der Waals surface area contributed by atoms with Gasteiger partial charge in [0, 0.05) is 18.8 Å². The standard InChI is InChI=1S/C18H16ClF4N3O3S/c1-26-16(17(27)24-12-6-7-14(20)13(19)8-12)9-15(25-30(26,28)29)10-2-4-11(5-3-10)18(21,22)23/h2-8,15-16,25H,9H2,1H3,(H,24,27). The zero-order chi connectivity index (χ0) is 22.3. The molecule has 2 N–H and O–H groups in total. The Morgan fingerprint density at radius 1 is 1.20 bits per heavy atom. The molecule has 3 rings (SSSR count). The van der Waals surface area contributed by atoms with E-state index in [4.69, 9.17) is 11.6 Å². The minimum Gasteiger partial charge on any atom is -0.325 e. The zero-order valence-corrected chi connectivity index (χ0v) is 16.9. The van der Waals surface area contributed by atoms with Gasteiger partial charge in [0.05, 0.1) is 10.6 Å². The van der Waals surface area contributed by atoms with E-state index in [1.807, 2.05) is 0 Å². The first-order chi connectivity index (χ1) is 13.9. The van der Waals surface area contributed by atoms with E-state index in [9.17, 15) is 30.8 Å². The molecular formula is C18H16ClF4N3O3S. The summed E-state index contributed by atoms with van der Waals surface area (Å²) in [6.07, 6.45) is -4.56. The van der Waals surface area contributed by atoms with Crippen molar-refractivity contribution in [1.29, 1.82) is 0 Å². The summed E-state index contributed by atoms with van der Waals surface area (Å²) in [4.78, 5) is 12.7. The highest BCUT2D eigenvalue weighted by Crippen LogP contribution is 2.33. The number of nitrogens with one attached hydrogen (secondary N) is 2. The number of hydrogen-bond acceptors (Lipinski definition) is 3. The molecule has 1 amide bonds. The first kappa shape index (κ1) is 22.5. The summed E-state index contributed by atoms with van der Waals surface area (Å²) in [5, 5.41) is 2.26. The summed E-state index contributed by atoms with van der Waals surface area (Å²) in [6.45, 7) is 0. The molecule has 1 fully saturated rings. The van der Waals surface area contributed by atoms with Crippen molar-refractivity contribution < 1.29 is 30.8 Å². The van der Waals surface area contributed by atoms with Gasteiger partial charge in [0.2, 0.25) is 5.91 Å². The van der Waals surface area contributed by atoms with Crippen LogP contribution in [-0.2, 0) is 21.2 Å². The molecule has 2 aromatic carbocycles. The third-order valence-corrected chi connectivity index (χ3v) is 6.58. The fourth-order valence-electron chi connectivity index (χ4n) is 3.03. The number of anilines is 1. The van der Waals surface area contributed by atoms with Crippen LogP contribution in [0.4, 0.5) is 23.2 Å². The number of nitrogens with zero attached hydrogens (tertiary/aromatic N) is 1. The molecule has 162 valence electrons. The van der Waals surface area contributed by atoms with Crippen molar-refractivity contribution in [1.82, 2.24) is 9.03 Å². The number of hydrogen-bond donors (Lipinski definition) is 2. The smallest absolute Gasteiger partial charge is 0.325 e. The molecule has 30 heavy (non-hydrogen) atoms. The molecule has 0 radical (unpaired) electrons. The second kappa shape index (κ2) is 8.14. The molecule has 2 unspecified atom stereocenters. The summed E-state index contributed by atoms with van der Waals surface area (Å²) in [6, 6.07) is 5.43. The lowest BCUT2D eigenvalue weighted by Crippen LogP contribution is -2.55. The largest absolute Gasteiger partial charge is 0.416 e. The number of halogens is 5. The predicted molar refractivity (Wildman–Crippen MR) is 102 cm³/mol. The van der Waals surface area contributed by atoms with Gasteiger partial charge in [-0.3, -0.25) is 4.79 Å². The molecule has 1 aliphatic heterocycles. The Balaban J connectivity index is 1.83. The monoisotopic (exact) mass is 465 g/mol. The van der Waals surface area contributed by atoms with Crippen molar-refractivity contribution in [3.05, 3.63) is 64.4 Å². The van der Waals surface area contributed by atoms with E-state index in [1.54, 1.807) is 0 Å². The quantitative estimate of drug-likeness (QED) is 0.678. The molecule has 0 bridgehead atoms. The molecule has 2 atom stereocenters. The summed E-state index contributed by atoms with van der Waals surface area (Å²) >= 11 is 5.68. The molecule has 1 heterocycles. The summed E-state index contributed by atoms with van der Waals surface area (Å²) in [5.74, 6) is -1.37. The van der Waals surface area contributed by atoms with E-state index in [-0.39, 0.29) is 22.7 Å². The number of benzene rings is 2. The van der Waals surface area contributed by atoms with Gasteiger partial charge in [0.25, 0.3) is 10.2 Å². The highest BCUT2D eigenvalue weighted by atomic mass is 35.5. The van der Waals surface area contributed by atoms with E-state index in [2.05, 4.69) is 10.0 Å². The third-order valence-electron chi connectivity index (χ3n) is 4.70. The predicted octanol–water partition coefficient (Wildman–Crippen LogP) is 3.72. The van der Waals surface area contributed by atoms with Gasteiger partial charge in [-0.25, -0.2) is 4.39 Å². The molecular weight excluding hydrogens is 450 g/mol. The van der Waals surface area contributed by atoms with Crippen LogP contribution in [0.25, 0.3) is 0 Å². The topological polar surface area (TPSA) is 78.5 Å². The van der Waals surface area contributed by atoms with E-state index >= 15 is 0 Å². The van der Waals surface area contributed by atoms with Crippen molar-refractivity contribution in [2.45, 2.75) is 24.7 Å². The van der Waals surface area contributed by atoms with Crippen LogP contribution in [0.2, 0.25) is 5.02 Å². The Hall–Kier alpha value is -2.21. The first-order valence-corrected chi connectivity index (χ1v) is 10.4. The zero-order valence-electron chi connectivity index (χ0n) is 15.4. The molecule has 2 aromatic rings. The average molecular weight is 466 g/mol. The lowest BCUT2D eigenvalue weighted by molar-refractivity contribution is -0.137. The van der Waals surface area contributed by atoms with Gasteiger partial charge in [0.15, 0.2) is 0 Å². The number of alkyl halides is 3. The van der Waals surface area contributed by atoms with Crippen LogP contribution in [0.15, 0.2) is 42.5 Å². The van der Waals surface area contributed by atoms with E-state index < -0.39 is 45.8 Å². The van der Waals surface area contributed by atoms with Gasteiger partial charge in [-0.05, 0) is 42.3 Å². The first-order valence-electron chi connectivity index (χ1n) is 8.57. The lowest BCUT2D eigenvalue weighted by Gasteiger charge is -2.36. The van der Waals surface area contributed by atoms with E-state index in [0.29, 0.717) is 0 Å². The van der Waals surface area contributed by atoms with Crippen molar-refractivity contribution in [2.75, 3.05) is 12.4 Å². The number of carbonyl (C=O) groups is 1. The lowest BCUT2D eigenvalue weighted by atomic mass is 9.98. The summed E-state index contributed by atoms with van der Waals surface area (Å²) < 4.78 is 79.6. The van der Waals surface area contributed by atoms with Crippen LogP contribution >= 0.6 is 11.6 Å². The molecule has 12 heteroatoms. The molecule has 0 saturated carbocycles. The van der Waals surface area contributed by atoms with Crippen molar-refractivity contribution >= 4 is 33.4 Å². The highest BCUT2D eigenvalue weighted by Gasteiger charge is 2.41. The van der Waals surface area contributed by atoms with Crippen molar-refractivity contribution in [2.24, 2.45) is 0 Å². The Kier molecular flexibility index (Phi) is 6.10. The number of carbonyl (C=O) groups excluding carboxylic acids is 1.